The molecule has 8 heteroatoms. The van der Waals surface area contributed by atoms with Gasteiger partial charge in [-0.2, -0.15) is 5.10 Å². The van der Waals surface area contributed by atoms with Crippen LogP contribution in [-0.2, 0) is 13.0 Å². The molecule has 1 aromatic heterocycles. The van der Waals surface area contributed by atoms with Crippen LogP contribution in [0.4, 0.5) is 4.39 Å². The van der Waals surface area contributed by atoms with Crippen LogP contribution in [0.1, 0.15) is 51.7 Å². The minimum atomic E-state index is -0.307. The molecule has 0 spiro atoms. The van der Waals surface area contributed by atoms with Gasteiger partial charge in [-0.15, -0.1) is 0 Å². The van der Waals surface area contributed by atoms with Crippen LogP contribution in [0.2, 0.25) is 0 Å². The normalized spacial score (nSPS) is 17.7. The molecule has 3 rings (SSSR count). The highest BCUT2D eigenvalue weighted by molar-refractivity contribution is 5.80. The van der Waals surface area contributed by atoms with Gasteiger partial charge in [0.2, 0.25) is 0 Å². The van der Waals surface area contributed by atoms with Crippen LogP contribution in [0, 0.1) is 5.82 Å². The summed E-state index contributed by atoms with van der Waals surface area (Å²) in [6, 6.07) is 6.40. The molecule has 0 saturated carbocycles. The van der Waals surface area contributed by atoms with E-state index < -0.39 is 0 Å². The van der Waals surface area contributed by atoms with Gasteiger partial charge >= 0.3 is 0 Å². The van der Waals surface area contributed by atoms with Crippen LogP contribution in [-0.4, -0.2) is 46.0 Å². The minimum absolute atomic E-state index is 0.172. The molecule has 2 unspecified atom stereocenters. The third-order valence-electron chi connectivity index (χ3n) is 4.72. The number of hydrogen-bond acceptors (Lipinski definition) is 4. The van der Waals surface area contributed by atoms with Crippen molar-refractivity contribution in [3.8, 4) is 5.75 Å². The number of ether oxygens (including phenoxy) is 1. The number of benzene rings is 1. The first-order chi connectivity index (χ1) is 13.9. The maximum Gasteiger partial charge on any atom is 0.191 e. The predicted octanol–water partition coefficient (Wildman–Crippen LogP) is 2.88. The number of rotatable bonds is 7. The summed E-state index contributed by atoms with van der Waals surface area (Å²) in [5.41, 5.74) is 0. The number of guanidine groups is 1. The molecular weight excluding hydrogens is 371 g/mol. The van der Waals surface area contributed by atoms with E-state index in [2.05, 4.69) is 39.6 Å². The molecule has 0 amide bonds. The number of aliphatic imine (C=N–C) groups is 1. The van der Waals surface area contributed by atoms with Gasteiger partial charge in [0.1, 0.15) is 23.5 Å². The molecule has 2 N–H and O–H groups in total. The van der Waals surface area contributed by atoms with Crippen LogP contribution in [0.5, 0.6) is 5.75 Å². The van der Waals surface area contributed by atoms with Crippen LogP contribution in [0.3, 0.4) is 0 Å². The Kier molecular flexibility index (Phi) is 7.06. The fraction of sp³-hybridized carbons (Fsp3) is 0.571. The molecule has 0 saturated heterocycles. The lowest BCUT2D eigenvalue weighted by molar-refractivity contribution is 0.229. The van der Waals surface area contributed by atoms with E-state index in [4.69, 9.17) is 4.74 Å². The van der Waals surface area contributed by atoms with Gasteiger partial charge in [0.05, 0.1) is 13.1 Å². The van der Waals surface area contributed by atoms with Gasteiger partial charge in [-0.25, -0.2) is 19.0 Å². The first-order valence-electron chi connectivity index (χ1n) is 10.3. The largest absolute Gasteiger partial charge is 0.489 e. The number of fused-ring (bicyclic) bond motifs is 1. The summed E-state index contributed by atoms with van der Waals surface area (Å²) in [6.07, 6.45) is 1.71. The fourth-order valence-electron chi connectivity index (χ4n) is 3.23. The quantitative estimate of drug-likeness (QED) is 0.550. The molecule has 1 aliphatic heterocycles. The molecule has 2 atom stereocenters. The highest BCUT2D eigenvalue weighted by Crippen LogP contribution is 2.17. The molecule has 1 aliphatic rings. The Balaban J connectivity index is 1.57. The fourth-order valence-corrected chi connectivity index (χ4v) is 3.23. The Morgan fingerprint density at radius 1 is 1.38 bits per heavy atom. The lowest BCUT2D eigenvalue weighted by Crippen LogP contribution is -2.47. The van der Waals surface area contributed by atoms with Crippen molar-refractivity contribution in [1.29, 1.82) is 0 Å². The van der Waals surface area contributed by atoms with Crippen molar-refractivity contribution in [2.45, 2.75) is 65.1 Å². The summed E-state index contributed by atoms with van der Waals surface area (Å²) in [5.74, 6) is 3.25. The second kappa shape index (κ2) is 9.71. The molecule has 0 aliphatic carbocycles. The van der Waals surface area contributed by atoms with E-state index in [9.17, 15) is 4.39 Å². The molecule has 29 heavy (non-hydrogen) atoms. The number of nitrogens with one attached hydrogen (secondary N) is 2. The minimum Gasteiger partial charge on any atom is -0.489 e. The summed E-state index contributed by atoms with van der Waals surface area (Å²) in [6.45, 7) is 10.2. The van der Waals surface area contributed by atoms with Crippen molar-refractivity contribution in [1.82, 2.24) is 25.4 Å². The SMILES string of the molecule is CCNC(=NCC(C)Oc1cccc(F)c1)NC1CCc2nc(C(C)C)nn2C1. The lowest BCUT2D eigenvalue weighted by Gasteiger charge is -2.25. The van der Waals surface area contributed by atoms with E-state index in [-0.39, 0.29) is 18.0 Å². The number of aromatic nitrogens is 3. The van der Waals surface area contributed by atoms with Crippen LogP contribution in [0.25, 0.3) is 0 Å². The second-order valence-electron chi connectivity index (χ2n) is 7.71. The number of aryl methyl sites for hydroxylation is 1. The Labute approximate surface area is 171 Å². The second-order valence-corrected chi connectivity index (χ2v) is 7.71. The van der Waals surface area contributed by atoms with Gasteiger partial charge in [0, 0.05) is 31.0 Å². The third kappa shape index (κ3) is 5.92. The number of halogens is 1. The lowest BCUT2D eigenvalue weighted by atomic mass is 10.1. The van der Waals surface area contributed by atoms with Crippen molar-refractivity contribution in [3.63, 3.8) is 0 Å². The Bertz CT molecular complexity index is 834. The topological polar surface area (TPSA) is 76.4 Å². The van der Waals surface area contributed by atoms with Gasteiger partial charge in [-0.3, -0.25) is 0 Å². The zero-order valence-corrected chi connectivity index (χ0v) is 17.7. The smallest absolute Gasteiger partial charge is 0.191 e. The molecule has 1 aromatic carbocycles. The maximum absolute atomic E-state index is 13.3. The van der Waals surface area contributed by atoms with E-state index in [0.29, 0.717) is 18.2 Å². The van der Waals surface area contributed by atoms with Crippen molar-refractivity contribution >= 4 is 5.96 Å². The molecule has 0 radical (unpaired) electrons. The average molecular weight is 403 g/mol. The predicted molar refractivity (Wildman–Crippen MR) is 112 cm³/mol. The Hall–Kier alpha value is -2.64. The summed E-state index contributed by atoms with van der Waals surface area (Å²) in [7, 11) is 0. The molecular formula is C21H31FN6O. The monoisotopic (exact) mass is 402 g/mol. The third-order valence-corrected chi connectivity index (χ3v) is 4.72. The molecule has 2 aromatic rings. The van der Waals surface area contributed by atoms with Gasteiger partial charge in [-0.1, -0.05) is 19.9 Å². The van der Waals surface area contributed by atoms with Crippen LogP contribution in [0.15, 0.2) is 29.3 Å². The summed E-state index contributed by atoms with van der Waals surface area (Å²) in [5, 5.41) is 11.4. The molecule has 158 valence electrons. The van der Waals surface area contributed by atoms with Gasteiger partial charge in [-0.05, 0) is 32.4 Å². The standard InChI is InChI=1S/C21H31FN6O/c1-5-23-21(24-12-15(4)29-18-8-6-7-16(22)11-18)25-17-9-10-19-26-20(14(2)3)27-28(19)13-17/h6-8,11,14-15,17H,5,9-10,12-13H2,1-4H3,(H2,23,24,25). The van der Waals surface area contributed by atoms with E-state index >= 15 is 0 Å². The first kappa shape index (κ1) is 21.1. The summed E-state index contributed by atoms with van der Waals surface area (Å²) >= 11 is 0. The maximum atomic E-state index is 13.3. The highest BCUT2D eigenvalue weighted by Gasteiger charge is 2.23. The van der Waals surface area contributed by atoms with E-state index in [1.54, 1.807) is 12.1 Å². The van der Waals surface area contributed by atoms with Crippen molar-refractivity contribution in [2.24, 2.45) is 4.99 Å². The number of hydrogen-bond donors (Lipinski definition) is 2. The van der Waals surface area contributed by atoms with Crippen LogP contribution >= 0.6 is 0 Å². The molecule has 0 fully saturated rings. The molecule has 7 nitrogen and oxygen atoms in total. The summed E-state index contributed by atoms with van der Waals surface area (Å²) in [4.78, 5) is 9.29. The van der Waals surface area contributed by atoms with E-state index in [1.807, 2.05) is 18.5 Å². The van der Waals surface area contributed by atoms with Gasteiger partial charge in [0.15, 0.2) is 11.8 Å². The van der Waals surface area contributed by atoms with Gasteiger partial charge in [0.25, 0.3) is 0 Å². The van der Waals surface area contributed by atoms with E-state index in [0.717, 1.165) is 43.5 Å². The highest BCUT2D eigenvalue weighted by atomic mass is 19.1. The van der Waals surface area contributed by atoms with Crippen molar-refractivity contribution < 1.29 is 9.13 Å². The Morgan fingerprint density at radius 2 is 2.21 bits per heavy atom. The molecule has 0 bridgehead atoms. The van der Waals surface area contributed by atoms with Crippen molar-refractivity contribution in [2.75, 3.05) is 13.1 Å². The summed E-state index contributed by atoms with van der Waals surface area (Å²) < 4.78 is 21.1. The zero-order valence-electron chi connectivity index (χ0n) is 17.7. The Morgan fingerprint density at radius 3 is 2.93 bits per heavy atom. The zero-order chi connectivity index (χ0) is 20.8. The van der Waals surface area contributed by atoms with Crippen molar-refractivity contribution in [3.05, 3.63) is 41.7 Å². The first-order valence-corrected chi connectivity index (χ1v) is 10.3. The van der Waals surface area contributed by atoms with Gasteiger partial charge < -0.3 is 15.4 Å². The van der Waals surface area contributed by atoms with Crippen LogP contribution < -0.4 is 15.4 Å². The van der Waals surface area contributed by atoms with E-state index in [1.165, 1.54) is 12.1 Å². The number of nitrogens with zero attached hydrogens (tertiary/aromatic N) is 4. The molecule has 2 heterocycles. The average Bonchev–Trinajstić information content (AvgIpc) is 3.10.